The van der Waals surface area contributed by atoms with E-state index in [9.17, 15) is 14.3 Å². The first-order chi connectivity index (χ1) is 26.3. The van der Waals surface area contributed by atoms with Crippen LogP contribution in [0.15, 0.2) is 71.6 Å². The second-order valence-electron chi connectivity index (χ2n) is 13.1. The van der Waals surface area contributed by atoms with Crippen molar-refractivity contribution in [3.63, 3.8) is 0 Å². The molecule has 0 saturated heterocycles. The number of benzene rings is 4. The number of aryl methyl sites for hydroxylation is 2. The third-order valence-corrected chi connectivity index (χ3v) is 11.0. The Kier molecular flexibility index (Phi) is 11.8. The van der Waals surface area contributed by atoms with Crippen molar-refractivity contribution >= 4 is 51.0 Å². The Labute approximate surface area is 322 Å². The van der Waals surface area contributed by atoms with Gasteiger partial charge in [-0.1, -0.05) is 23.7 Å². The molecule has 282 valence electrons. The van der Waals surface area contributed by atoms with Crippen molar-refractivity contribution in [3.8, 4) is 22.6 Å². The largest absolute Gasteiger partial charge is 0.497 e. The molecule has 2 aromatic heterocycles. The van der Waals surface area contributed by atoms with E-state index in [1.54, 1.807) is 32.0 Å². The predicted molar refractivity (Wildman–Crippen MR) is 210 cm³/mol. The lowest BCUT2D eigenvalue weighted by molar-refractivity contribution is 0.0684. The zero-order valence-electron chi connectivity index (χ0n) is 30.4. The lowest BCUT2D eigenvalue weighted by Crippen LogP contribution is -2.19. The van der Waals surface area contributed by atoms with Crippen LogP contribution in [0.2, 0.25) is 5.02 Å². The number of carboxylic acid groups (broad SMARTS) is 1. The van der Waals surface area contributed by atoms with Gasteiger partial charge < -0.3 is 33.9 Å². The number of aromatic nitrogens is 3. The molecule has 2 N–H and O–H groups in total. The van der Waals surface area contributed by atoms with Gasteiger partial charge in [0.2, 0.25) is 0 Å². The summed E-state index contributed by atoms with van der Waals surface area (Å²) in [6, 6.07) is 20.3. The van der Waals surface area contributed by atoms with Crippen molar-refractivity contribution < 1.29 is 33.2 Å². The number of carboxylic acids is 1. The highest BCUT2D eigenvalue weighted by Gasteiger charge is 2.29. The van der Waals surface area contributed by atoms with Crippen LogP contribution in [0.1, 0.15) is 39.4 Å². The van der Waals surface area contributed by atoms with Gasteiger partial charge in [0.1, 0.15) is 23.0 Å². The van der Waals surface area contributed by atoms with Gasteiger partial charge in [-0.3, -0.25) is 4.68 Å². The van der Waals surface area contributed by atoms with E-state index in [4.69, 9.17) is 35.6 Å². The molecule has 54 heavy (non-hydrogen) atoms. The fraction of sp³-hybridized carbons (Fsp3) is 0.317. The number of thioether (sulfide) groups is 1. The summed E-state index contributed by atoms with van der Waals surface area (Å²) in [6.07, 6.45) is 0.513. The van der Waals surface area contributed by atoms with E-state index in [0.29, 0.717) is 75.4 Å². The highest BCUT2D eigenvalue weighted by Crippen LogP contribution is 2.43. The average Bonchev–Trinajstić information content (AvgIpc) is 3.68. The van der Waals surface area contributed by atoms with Crippen LogP contribution in [0, 0.1) is 12.7 Å². The molecule has 0 fully saturated rings. The van der Waals surface area contributed by atoms with Crippen LogP contribution in [0.5, 0.6) is 11.5 Å². The number of hydrogen-bond acceptors (Lipinski definition) is 8. The van der Waals surface area contributed by atoms with E-state index in [1.807, 2.05) is 64.7 Å². The number of aromatic carboxylic acids is 1. The molecular formula is C41H42ClFN4O6S. The number of fused-ring (bicyclic) bond motifs is 3. The fourth-order valence-corrected chi connectivity index (χ4v) is 8.31. The SMILES string of the molecule is COCCNCc1nn2c(c1-c1c(Cl)ccc3c1c(C)c(C(=O)O)n3CCCOc1cc(SCc3ccc(OC)cc3)cc3cc(F)ccc13)COCC2. The fourth-order valence-electron chi connectivity index (χ4n) is 7.14. The summed E-state index contributed by atoms with van der Waals surface area (Å²) in [5.74, 6) is 0.815. The highest BCUT2D eigenvalue weighted by atomic mass is 35.5. The third-order valence-electron chi connectivity index (χ3n) is 9.67. The van der Waals surface area contributed by atoms with Gasteiger partial charge in [0.15, 0.2) is 0 Å². The normalized spacial score (nSPS) is 12.8. The Hall–Kier alpha value is -4.59. The highest BCUT2D eigenvalue weighted by molar-refractivity contribution is 7.98. The number of nitrogens with zero attached hydrogens (tertiary/aromatic N) is 3. The molecule has 0 atom stereocenters. The van der Waals surface area contributed by atoms with E-state index in [1.165, 1.54) is 12.1 Å². The summed E-state index contributed by atoms with van der Waals surface area (Å²) in [7, 11) is 3.30. The van der Waals surface area contributed by atoms with Crippen LogP contribution in [0.25, 0.3) is 32.8 Å². The lowest BCUT2D eigenvalue weighted by atomic mass is 9.96. The maximum absolute atomic E-state index is 14.3. The maximum atomic E-state index is 14.3. The summed E-state index contributed by atoms with van der Waals surface area (Å²) < 4.78 is 40.9. The number of methoxy groups -OCH3 is 2. The molecule has 1 aliphatic heterocycles. The van der Waals surface area contributed by atoms with Crippen molar-refractivity contribution in [2.45, 2.75) is 50.2 Å². The minimum Gasteiger partial charge on any atom is -0.497 e. The lowest BCUT2D eigenvalue weighted by Gasteiger charge is -2.17. The number of hydrogen-bond donors (Lipinski definition) is 2. The summed E-state index contributed by atoms with van der Waals surface area (Å²) in [6.45, 7) is 5.75. The van der Waals surface area contributed by atoms with Gasteiger partial charge in [-0.15, -0.1) is 11.8 Å². The first-order valence-electron chi connectivity index (χ1n) is 17.8. The Morgan fingerprint density at radius 3 is 2.69 bits per heavy atom. The van der Waals surface area contributed by atoms with Crippen LogP contribution in [0.3, 0.4) is 0 Å². The Bertz CT molecular complexity index is 2310. The molecule has 0 spiro atoms. The number of ether oxygens (including phenoxy) is 4. The molecule has 4 aromatic carbocycles. The molecular weight excluding hydrogens is 731 g/mol. The molecule has 7 rings (SSSR count). The summed E-state index contributed by atoms with van der Waals surface area (Å²) in [5, 5.41) is 21.7. The van der Waals surface area contributed by atoms with Crippen LogP contribution >= 0.6 is 23.4 Å². The number of halogens is 2. The quantitative estimate of drug-likeness (QED) is 0.0740. The molecule has 6 aromatic rings. The second kappa shape index (κ2) is 16.8. The monoisotopic (exact) mass is 772 g/mol. The Balaban J connectivity index is 1.16. The molecule has 3 heterocycles. The summed E-state index contributed by atoms with van der Waals surface area (Å²) in [5.41, 5.74) is 6.06. The van der Waals surface area contributed by atoms with Crippen molar-refractivity contribution in [3.05, 3.63) is 106 Å². The van der Waals surface area contributed by atoms with Crippen molar-refractivity contribution in [1.82, 2.24) is 19.7 Å². The average molecular weight is 773 g/mol. The van der Waals surface area contributed by atoms with Crippen molar-refractivity contribution in [2.75, 3.05) is 40.6 Å². The molecule has 0 bridgehead atoms. The topological polar surface area (TPSA) is 109 Å². The van der Waals surface area contributed by atoms with Gasteiger partial charge in [0.05, 0.1) is 51.5 Å². The minimum absolute atomic E-state index is 0.198. The molecule has 0 radical (unpaired) electrons. The first kappa shape index (κ1) is 37.7. The van der Waals surface area contributed by atoms with Gasteiger partial charge in [-0.2, -0.15) is 5.10 Å². The molecule has 1 aliphatic rings. The second-order valence-corrected chi connectivity index (χ2v) is 14.5. The van der Waals surface area contributed by atoms with Crippen LogP contribution in [-0.4, -0.2) is 66.0 Å². The van der Waals surface area contributed by atoms with Crippen LogP contribution in [-0.2, 0) is 41.5 Å². The van der Waals surface area contributed by atoms with Gasteiger partial charge in [0, 0.05) is 69.8 Å². The molecule has 0 amide bonds. The summed E-state index contributed by atoms with van der Waals surface area (Å²) >= 11 is 8.65. The maximum Gasteiger partial charge on any atom is 0.352 e. The predicted octanol–water partition coefficient (Wildman–Crippen LogP) is 8.49. The number of rotatable bonds is 16. The first-order valence-corrected chi connectivity index (χ1v) is 19.2. The number of nitrogens with one attached hydrogen (secondary N) is 1. The van der Waals surface area contributed by atoms with Gasteiger partial charge >= 0.3 is 5.97 Å². The van der Waals surface area contributed by atoms with Gasteiger partial charge in [-0.25, -0.2) is 9.18 Å². The van der Waals surface area contributed by atoms with Crippen molar-refractivity contribution in [1.29, 1.82) is 0 Å². The third kappa shape index (κ3) is 7.80. The van der Waals surface area contributed by atoms with E-state index in [2.05, 4.69) is 5.32 Å². The zero-order valence-corrected chi connectivity index (χ0v) is 32.0. The smallest absolute Gasteiger partial charge is 0.352 e. The van der Waals surface area contributed by atoms with E-state index in [-0.39, 0.29) is 11.5 Å². The molecule has 10 nitrogen and oxygen atoms in total. The van der Waals surface area contributed by atoms with Gasteiger partial charge in [0.25, 0.3) is 0 Å². The Morgan fingerprint density at radius 1 is 1.07 bits per heavy atom. The molecule has 0 unspecified atom stereocenters. The van der Waals surface area contributed by atoms with E-state index < -0.39 is 5.97 Å². The molecule has 0 aliphatic carbocycles. The van der Waals surface area contributed by atoms with Gasteiger partial charge in [-0.05, 0) is 84.5 Å². The Morgan fingerprint density at radius 2 is 1.91 bits per heavy atom. The standard InChI is InChI=1S/C41H42ClFN4O6S/c1-25-37-34(12-11-32(42)38(37)39-33(22-44-13-17-50-2)45-47-15-18-52-23-35(39)47)46(40(25)41(48)49)14-4-16-53-36-21-30(20-27-19-28(43)7-10-31(27)36)54-24-26-5-8-29(51-3)9-6-26/h5-12,19-21,44H,4,13-18,22-24H2,1-3H3,(H,48,49). The van der Waals surface area contributed by atoms with Crippen LogP contribution < -0.4 is 14.8 Å². The van der Waals surface area contributed by atoms with Crippen LogP contribution in [0.4, 0.5) is 4.39 Å². The van der Waals surface area contributed by atoms with E-state index >= 15 is 0 Å². The van der Waals surface area contributed by atoms with Crippen molar-refractivity contribution in [2.24, 2.45) is 0 Å². The number of carbonyl (C=O) groups is 1. The van der Waals surface area contributed by atoms with E-state index in [0.717, 1.165) is 66.2 Å². The zero-order chi connectivity index (χ0) is 37.8. The molecule has 13 heteroatoms. The molecule has 0 saturated carbocycles. The minimum atomic E-state index is -1.02. The summed E-state index contributed by atoms with van der Waals surface area (Å²) in [4.78, 5) is 13.8.